The van der Waals surface area contributed by atoms with Gasteiger partial charge < -0.3 is 15.3 Å². The summed E-state index contributed by atoms with van der Waals surface area (Å²) in [6, 6.07) is 0. The molecule has 0 aromatic rings. The van der Waals surface area contributed by atoms with Crippen molar-refractivity contribution in [2.24, 2.45) is 5.92 Å². The van der Waals surface area contributed by atoms with Crippen molar-refractivity contribution in [3.8, 4) is 0 Å². The van der Waals surface area contributed by atoms with Gasteiger partial charge in [-0.3, -0.25) is 0 Å². The summed E-state index contributed by atoms with van der Waals surface area (Å²) in [5.41, 5.74) is 4.84. The fraction of sp³-hybridized carbons (Fsp3) is 0.750. The van der Waals surface area contributed by atoms with Crippen LogP contribution in [0, 0.1) is 5.92 Å². The van der Waals surface area contributed by atoms with E-state index in [2.05, 4.69) is 79.7 Å². The highest BCUT2D eigenvalue weighted by atomic mass is 16.3. The monoisotopic (exact) mass is 499 g/mol. The van der Waals surface area contributed by atoms with E-state index in [9.17, 15) is 5.11 Å². The third kappa shape index (κ3) is 40.3. The third-order valence-electron chi connectivity index (χ3n) is 5.49. The SMILES string of the molecule is C.C.CC(C)=CC/C=C(/C)CCO.CC(C)=CCCC(C)C(C)O.CCC(C)(O)CCC=C(C)C. The molecule has 0 spiro atoms. The molecule has 0 heterocycles. The first kappa shape index (κ1) is 43.9. The van der Waals surface area contributed by atoms with Crippen LogP contribution < -0.4 is 0 Å². The van der Waals surface area contributed by atoms with Crippen molar-refractivity contribution in [1.29, 1.82) is 0 Å². The van der Waals surface area contributed by atoms with Gasteiger partial charge in [0.1, 0.15) is 0 Å². The molecule has 0 aliphatic rings. The molecule has 3 N–H and O–H groups in total. The Labute approximate surface area is 222 Å². The standard InChI is InChI=1S/C10H20O.C10H18O.C10H20O.2CH4/c1-8(2)6-5-7-9(3)10(4)11;1-9(2)5-4-6-10(3)7-8-11;1-5-10(4,11)8-6-7-9(2)3;;/h6,9-11H,5,7H2,1-4H3;5-6,11H,4,7-8H2,1-3H3;7,11H,5-6,8H2,1-4H3;2*1H4/b;10-6-;;;. The molecule has 0 amide bonds. The maximum absolute atomic E-state index is 9.61. The second-order valence-corrected chi connectivity index (χ2v) is 10.3. The van der Waals surface area contributed by atoms with Crippen LogP contribution in [0.3, 0.4) is 0 Å². The lowest BCUT2D eigenvalue weighted by molar-refractivity contribution is 0.0480. The molecule has 0 aromatic heterocycles. The normalized spacial score (nSPS) is 13.5. The van der Waals surface area contributed by atoms with E-state index in [1.807, 2.05) is 20.8 Å². The van der Waals surface area contributed by atoms with Crippen molar-refractivity contribution in [2.75, 3.05) is 6.61 Å². The number of aliphatic hydroxyl groups is 3. The molecule has 0 rings (SSSR count). The fourth-order valence-electron chi connectivity index (χ4n) is 2.50. The van der Waals surface area contributed by atoms with Gasteiger partial charge in [0.25, 0.3) is 0 Å². The van der Waals surface area contributed by atoms with Crippen LogP contribution in [-0.2, 0) is 0 Å². The van der Waals surface area contributed by atoms with E-state index in [0.717, 1.165) is 44.9 Å². The highest BCUT2D eigenvalue weighted by Gasteiger charge is 2.15. The van der Waals surface area contributed by atoms with E-state index < -0.39 is 5.60 Å². The first-order valence-corrected chi connectivity index (χ1v) is 12.7. The van der Waals surface area contributed by atoms with E-state index in [0.29, 0.717) is 5.92 Å². The molecule has 212 valence electrons. The molecule has 3 atom stereocenters. The van der Waals surface area contributed by atoms with Gasteiger partial charge in [-0.15, -0.1) is 0 Å². The molecule has 0 radical (unpaired) electrons. The predicted octanol–water partition coefficient (Wildman–Crippen LogP) is 9.59. The Balaban J connectivity index is -0.000000125. The maximum atomic E-state index is 9.61. The van der Waals surface area contributed by atoms with Crippen LogP contribution in [-0.4, -0.2) is 33.6 Å². The van der Waals surface area contributed by atoms with Gasteiger partial charge in [0, 0.05) is 6.61 Å². The zero-order valence-electron chi connectivity index (χ0n) is 24.0. The quantitative estimate of drug-likeness (QED) is 0.235. The fourth-order valence-corrected chi connectivity index (χ4v) is 2.50. The van der Waals surface area contributed by atoms with Crippen LogP contribution in [0.5, 0.6) is 0 Å². The average Bonchev–Trinajstić information content (AvgIpc) is 2.68. The van der Waals surface area contributed by atoms with Gasteiger partial charge in [-0.2, -0.15) is 0 Å². The van der Waals surface area contributed by atoms with E-state index in [1.54, 1.807) is 0 Å². The molecule has 0 saturated heterocycles. The van der Waals surface area contributed by atoms with Crippen LogP contribution >= 0.6 is 0 Å². The zero-order chi connectivity index (χ0) is 26.4. The lowest BCUT2D eigenvalue weighted by Gasteiger charge is -2.19. The Hall–Kier alpha value is -1.16. The van der Waals surface area contributed by atoms with Crippen LogP contribution in [0.4, 0.5) is 0 Å². The Morgan fingerprint density at radius 1 is 0.800 bits per heavy atom. The molecule has 0 saturated carbocycles. The van der Waals surface area contributed by atoms with Gasteiger partial charge in [0.15, 0.2) is 0 Å². The van der Waals surface area contributed by atoms with E-state index >= 15 is 0 Å². The second-order valence-electron chi connectivity index (χ2n) is 10.3. The largest absolute Gasteiger partial charge is 0.396 e. The maximum Gasteiger partial charge on any atom is 0.0620 e. The first-order valence-electron chi connectivity index (χ1n) is 12.7. The lowest BCUT2D eigenvalue weighted by atomic mass is 9.97. The Kier molecular flexibility index (Phi) is 34.4. The second kappa shape index (κ2) is 27.4. The molecule has 0 aromatic carbocycles. The molecule has 3 nitrogen and oxygen atoms in total. The molecule has 0 bridgehead atoms. The van der Waals surface area contributed by atoms with Gasteiger partial charge in [0.05, 0.1) is 11.7 Å². The third-order valence-corrected chi connectivity index (χ3v) is 5.49. The summed E-state index contributed by atoms with van der Waals surface area (Å²) in [6.07, 6.45) is 15.2. The smallest absolute Gasteiger partial charge is 0.0620 e. The Morgan fingerprint density at radius 2 is 1.26 bits per heavy atom. The summed E-state index contributed by atoms with van der Waals surface area (Å²) < 4.78 is 0. The number of hydrogen-bond acceptors (Lipinski definition) is 3. The van der Waals surface area contributed by atoms with Crippen LogP contribution in [0.1, 0.15) is 136 Å². The van der Waals surface area contributed by atoms with Gasteiger partial charge in [-0.25, -0.2) is 0 Å². The molecule has 3 unspecified atom stereocenters. The topological polar surface area (TPSA) is 60.7 Å². The number of hydrogen-bond donors (Lipinski definition) is 3. The van der Waals surface area contributed by atoms with Crippen molar-refractivity contribution < 1.29 is 15.3 Å². The van der Waals surface area contributed by atoms with Crippen LogP contribution in [0.25, 0.3) is 0 Å². The minimum Gasteiger partial charge on any atom is -0.396 e. The Bertz CT molecular complexity index is 566. The lowest BCUT2D eigenvalue weighted by Crippen LogP contribution is -2.21. The molecule has 0 aliphatic carbocycles. The molecule has 3 heteroatoms. The summed E-state index contributed by atoms with van der Waals surface area (Å²) in [7, 11) is 0. The molecular formula is C32H66O3. The summed E-state index contributed by atoms with van der Waals surface area (Å²) in [5.74, 6) is 0.422. The minimum atomic E-state index is -0.466. The van der Waals surface area contributed by atoms with Gasteiger partial charge in [0.2, 0.25) is 0 Å². The molecule has 0 aliphatic heterocycles. The number of aliphatic hydroxyl groups excluding tert-OH is 2. The van der Waals surface area contributed by atoms with Gasteiger partial charge in [-0.1, -0.05) is 75.3 Å². The number of allylic oxidation sites excluding steroid dienone is 7. The van der Waals surface area contributed by atoms with Gasteiger partial charge >= 0.3 is 0 Å². The van der Waals surface area contributed by atoms with Crippen LogP contribution in [0.2, 0.25) is 0 Å². The molecular weight excluding hydrogens is 432 g/mol. The van der Waals surface area contributed by atoms with Crippen molar-refractivity contribution in [1.82, 2.24) is 0 Å². The Morgan fingerprint density at radius 3 is 1.63 bits per heavy atom. The van der Waals surface area contributed by atoms with Crippen LogP contribution in [0.15, 0.2) is 46.6 Å². The van der Waals surface area contributed by atoms with Gasteiger partial charge in [-0.05, 0) is 113 Å². The number of rotatable bonds is 12. The highest BCUT2D eigenvalue weighted by Crippen LogP contribution is 2.16. The highest BCUT2D eigenvalue weighted by molar-refractivity contribution is 5.04. The minimum absolute atomic E-state index is 0. The summed E-state index contributed by atoms with van der Waals surface area (Å²) in [6.45, 7) is 22.7. The van der Waals surface area contributed by atoms with E-state index in [1.165, 1.54) is 22.3 Å². The predicted molar refractivity (Wildman–Crippen MR) is 162 cm³/mol. The zero-order valence-corrected chi connectivity index (χ0v) is 24.0. The summed E-state index contributed by atoms with van der Waals surface area (Å²) in [5, 5.41) is 27.4. The summed E-state index contributed by atoms with van der Waals surface area (Å²) in [4.78, 5) is 0. The van der Waals surface area contributed by atoms with E-state index in [4.69, 9.17) is 10.2 Å². The molecule has 35 heavy (non-hydrogen) atoms. The van der Waals surface area contributed by atoms with Crippen molar-refractivity contribution in [2.45, 2.75) is 148 Å². The van der Waals surface area contributed by atoms with Crippen molar-refractivity contribution in [3.05, 3.63) is 46.6 Å². The molecule has 0 fully saturated rings. The summed E-state index contributed by atoms with van der Waals surface area (Å²) >= 11 is 0. The van der Waals surface area contributed by atoms with E-state index in [-0.39, 0.29) is 27.6 Å². The van der Waals surface area contributed by atoms with Crippen molar-refractivity contribution in [3.63, 3.8) is 0 Å². The van der Waals surface area contributed by atoms with Crippen molar-refractivity contribution >= 4 is 0 Å². The average molecular weight is 499 g/mol. The first-order chi connectivity index (χ1) is 15.2.